The number of ether oxygens (including phenoxy) is 1. The monoisotopic (exact) mass is 253 g/mol. The molecule has 2 aliphatic rings. The average molecular weight is 253 g/mol. The van der Waals surface area contributed by atoms with E-state index in [2.05, 4.69) is 5.32 Å². The highest BCUT2D eigenvalue weighted by Crippen LogP contribution is 2.20. The Bertz CT molecular complexity index is 241. The van der Waals surface area contributed by atoms with Gasteiger partial charge >= 0.3 is 0 Å². The van der Waals surface area contributed by atoms with Crippen LogP contribution >= 0.6 is 0 Å². The molecule has 2 aliphatic carbocycles. The molecule has 1 N–H and O–H groups in total. The van der Waals surface area contributed by atoms with Crippen molar-refractivity contribution in [3.63, 3.8) is 0 Å². The van der Waals surface area contributed by atoms with Crippen LogP contribution < -0.4 is 5.32 Å². The van der Waals surface area contributed by atoms with Gasteiger partial charge in [-0.15, -0.1) is 0 Å². The molecular formula is C15H27NO2. The van der Waals surface area contributed by atoms with Gasteiger partial charge in [-0.05, 0) is 25.7 Å². The minimum Gasteiger partial charge on any atom is -0.368 e. The Morgan fingerprint density at radius 2 is 1.44 bits per heavy atom. The van der Waals surface area contributed by atoms with Gasteiger partial charge in [0.05, 0.1) is 6.10 Å². The summed E-state index contributed by atoms with van der Waals surface area (Å²) in [6.07, 6.45) is 13.9. The molecule has 2 saturated carbocycles. The Morgan fingerprint density at radius 1 is 0.889 bits per heavy atom. The number of rotatable bonds is 4. The molecule has 0 atom stereocenters. The van der Waals surface area contributed by atoms with Gasteiger partial charge in [-0.25, -0.2) is 0 Å². The van der Waals surface area contributed by atoms with Crippen LogP contribution in [0.4, 0.5) is 0 Å². The molecule has 2 rings (SSSR count). The summed E-state index contributed by atoms with van der Waals surface area (Å²) in [5, 5.41) is 3.11. The molecule has 0 aromatic carbocycles. The number of amides is 1. The summed E-state index contributed by atoms with van der Waals surface area (Å²) in [6, 6.07) is 0.406. The summed E-state index contributed by atoms with van der Waals surface area (Å²) in [5.74, 6) is 0.0890. The van der Waals surface area contributed by atoms with Crippen molar-refractivity contribution in [1.82, 2.24) is 5.32 Å². The van der Waals surface area contributed by atoms with E-state index in [4.69, 9.17) is 4.74 Å². The third-order valence-corrected chi connectivity index (χ3v) is 4.22. The second kappa shape index (κ2) is 7.78. The molecule has 18 heavy (non-hydrogen) atoms. The smallest absolute Gasteiger partial charge is 0.246 e. The fourth-order valence-electron chi connectivity index (χ4n) is 3.12. The second-order valence-corrected chi connectivity index (χ2v) is 5.83. The molecule has 0 aromatic heterocycles. The second-order valence-electron chi connectivity index (χ2n) is 5.83. The molecule has 0 unspecified atom stereocenters. The van der Waals surface area contributed by atoms with Crippen LogP contribution in [0.1, 0.15) is 70.6 Å². The van der Waals surface area contributed by atoms with E-state index in [0.29, 0.717) is 12.1 Å². The zero-order valence-corrected chi connectivity index (χ0v) is 11.5. The predicted molar refractivity (Wildman–Crippen MR) is 72.5 cm³/mol. The molecule has 104 valence electrons. The molecule has 0 spiro atoms. The summed E-state index contributed by atoms with van der Waals surface area (Å²) in [5.41, 5.74) is 0. The van der Waals surface area contributed by atoms with Crippen molar-refractivity contribution in [2.45, 2.75) is 82.8 Å². The molecule has 0 aromatic rings. The zero-order valence-electron chi connectivity index (χ0n) is 11.5. The summed E-state index contributed by atoms with van der Waals surface area (Å²) < 4.78 is 5.75. The van der Waals surface area contributed by atoms with E-state index in [0.717, 1.165) is 25.7 Å². The van der Waals surface area contributed by atoms with Gasteiger partial charge in [0.25, 0.3) is 0 Å². The standard InChI is InChI=1S/C15H27NO2/c17-15(16-13-8-4-3-5-9-13)12-18-14-10-6-1-2-7-11-14/h13-14H,1-12H2,(H,16,17). The first-order chi connectivity index (χ1) is 8.84. The van der Waals surface area contributed by atoms with Gasteiger partial charge in [0, 0.05) is 6.04 Å². The van der Waals surface area contributed by atoms with Crippen LogP contribution in [0.5, 0.6) is 0 Å². The fraction of sp³-hybridized carbons (Fsp3) is 0.933. The van der Waals surface area contributed by atoms with E-state index >= 15 is 0 Å². The first-order valence-electron chi connectivity index (χ1n) is 7.75. The summed E-state index contributed by atoms with van der Waals surface area (Å²) in [6.45, 7) is 0.265. The van der Waals surface area contributed by atoms with E-state index in [-0.39, 0.29) is 12.5 Å². The average Bonchev–Trinajstić information content (AvgIpc) is 2.66. The first kappa shape index (κ1) is 13.9. The van der Waals surface area contributed by atoms with Crippen LogP contribution in [0.2, 0.25) is 0 Å². The van der Waals surface area contributed by atoms with Crippen LogP contribution in [-0.2, 0) is 9.53 Å². The van der Waals surface area contributed by atoms with Crippen LogP contribution in [0.3, 0.4) is 0 Å². The quantitative estimate of drug-likeness (QED) is 0.781. The normalized spacial score (nSPS) is 23.6. The highest BCUT2D eigenvalue weighted by Gasteiger charge is 2.17. The van der Waals surface area contributed by atoms with Gasteiger partial charge in [0.2, 0.25) is 5.91 Å². The fourth-order valence-corrected chi connectivity index (χ4v) is 3.12. The summed E-state index contributed by atoms with van der Waals surface area (Å²) in [7, 11) is 0. The summed E-state index contributed by atoms with van der Waals surface area (Å²) in [4.78, 5) is 11.8. The lowest BCUT2D eigenvalue weighted by molar-refractivity contribution is -0.128. The largest absolute Gasteiger partial charge is 0.368 e. The third kappa shape index (κ3) is 4.97. The summed E-state index contributed by atoms with van der Waals surface area (Å²) >= 11 is 0. The Morgan fingerprint density at radius 3 is 2.11 bits per heavy atom. The van der Waals surface area contributed by atoms with E-state index in [9.17, 15) is 4.79 Å². The topological polar surface area (TPSA) is 38.3 Å². The molecule has 0 radical (unpaired) electrons. The Balaban J connectivity index is 1.61. The van der Waals surface area contributed by atoms with Crippen molar-refractivity contribution >= 4 is 5.91 Å². The van der Waals surface area contributed by atoms with E-state index in [1.54, 1.807) is 0 Å². The SMILES string of the molecule is O=C(COC1CCCCCC1)NC1CCCCC1. The zero-order chi connectivity index (χ0) is 12.6. The number of carbonyl (C=O) groups is 1. The van der Waals surface area contributed by atoms with Crippen LogP contribution in [0.15, 0.2) is 0 Å². The molecule has 0 heterocycles. The Kier molecular flexibility index (Phi) is 5.98. The first-order valence-corrected chi connectivity index (χ1v) is 7.75. The number of hydrogen-bond donors (Lipinski definition) is 1. The maximum atomic E-state index is 11.8. The van der Waals surface area contributed by atoms with Gasteiger partial charge in [-0.3, -0.25) is 4.79 Å². The van der Waals surface area contributed by atoms with Crippen molar-refractivity contribution < 1.29 is 9.53 Å². The highest BCUT2D eigenvalue weighted by atomic mass is 16.5. The van der Waals surface area contributed by atoms with Crippen molar-refractivity contribution in [3.8, 4) is 0 Å². The molecule has 3 heteroatoms. The lowest BCUT2D eigenvalue weighted by atomic mass is 9.95. The van der Waals surface area contributed by atoms with Crippen molar-refractivity contribution in [2.75, 3.05) is 6.61 Å². The lowest BCUT2D eigenvalue weighted by Crippen LogP contribution is -2.39. The maximum absolute atomic E-state index is 11.8. The van der Waals surface area contributed by atoms with E-state index in [1.807, 2.05) is 0 Å². The van der Waals surface area contributed by atoms with Gasteiger partial charge in [-0.1, -0.05) is 44.9 Å². The van der Waals surface area contributed by atoms with Crippen LogP contribution in [-0.4, -0.2) is 24.7 Å². The number of carbonyl (C=O) groups excluding carboxylic acids is 1. The molecule has 0 bridgehead atoms. The molecule has 1 amide bonds. The van der Waals surface area contributed by atoms with Gasteiger partial charge in [-0.2, -0.15) is 0 Å². The Labute approximate surface area is 111 Å². The van der Waals surface area contributed by atoms with E-state index < -0.39 is 0 Å². The Hall–Kier alpha value is -0.570. The van der Waals surface area contributed by atoms with E-state index in [1.165, 1.54) is 44.9 Å². The molecule has 3 nitrogen and oxygen atoms in total. The predicted octanol–water partition coefficient (Wildman–Crippen LogP) is 3.17. The lowest BCUT2D eigenvalue weighted by Gasteiger charge is -2.23. The molecule has 0 aliphatic heterocycles. The van der Waals surface area contributed by atoms with Crippen molar-refractivity contribution in [3.05, 3.63) is 0 Å². The van der Waals surface area contributed by atoms with Crippen molar-refractivity contribution in [2.24, 2.45) is 0 Å². The minimum absolute atomic E-state index is 0.0890. The molecular weight excluding hydrogens is 226 g/mol. The number of nitrogens with one attached hydrogen (secondary N) is 1. The van der Waals surface area contributed by atoms with Gasteiger partial charge in [0.1, 0.15) is 6.61 Å². The molecule has 0 saturated heterocycles. The maximum Gasteiger partial charge on any atom is 0.246 e. The third-order valence-electron chi connectivity index (χ3n) is 4.22. The van der Waals surface area contributed by atoms with Gasteiger partial charge < -0.3 is 10.1 Å². The van der Waals surface area contributed by atoms with Crippen LogP contribution in [0, 0.1) is 0 Å². The molecule has 2 fully saturated rings. The van der Waals surface area contributed by atoms with Gasteiger partial charge in [0.15, 0.2) is 0 Å². The van der Waals surface area contributed by atoms with Crippen molar-refractivity contribution in [1.29, 1.82) is 0 Å². The number of hydrogen-bond acceptors (Lipinski definition) is 2. The highest BCUT2D eigenvalue weighted by molar-refractivity contribution is 5.77. The van der Waals surface area contributed by atoms with Crippen LogP contribution in [0.25, 0.3) is 0 Å². The minimum atomic E-state index is 0.0890.